The van der Waals surface area contributed by atoms with Gasteiger partial charge in [0.2, 0.25) is 0 Å². The van der Waals surface area contributed by atoms with Gasteiger partial charge in [-0.05, 0) is 124 Å². The predicted molar refractivity (Wildman–Crippen MR) is 251 cm³/mol. The summed E-state index contributed by atoms with van der Waals surface area (Å²) in [4.78, 5) is 0. The average molecular weight is 907 g/mol. The second-order valence-corrected chi connectivity index (χ2v) is 17.5. The van der Waals surface area contributed by atoms with Crippen LogP contribution in [0.25, 0.3) is 12.2 Å². The van der Waals surface area contributed by atoms with E-state index in [0.29, 0.717) is 45.1 Å². The van der Waals surface area contributed by atoms with Crippen LogP contribution >= 0.6 is 0 Å². The molecule has 11 rings (SSSR count). The molecule has 0 spiro atoms. The van der Waals surface area contributed by atoms with Crippen LogP contribution in [0.5, 0.6) is 69.0 Å². The first-order chi connectivity index (χ1) is 32.8. The molecule has 0 aliphatic carbocycles. The zero-order valence-corrected chi connectivity index (χ0v) is 35.8. The highest BCUT2D eigenvalue weighted by atomic mass is 16.5. The molecule has 0 amide bonds. The van der Waals surface area contributed by atoms with Crippen molar-refractivity contribution in [3.05, 3.63) is 213 Å². The molecule has 12 heteroatoms. The van der Waals surface area contributed by atoms with Crippen molar-refractivity contribution < 1.29 is 60.2 Å². The lowest BCUT2D eigenvalue weighted by atomic mass is 9.81. The summed E-state index contributed by atoms with van der Waals surface area (Å²) >= 11 is 0. The van der Waals surface area contributed by atoms with E-state index in [1.165, 1.54) is 36.4 Å². The lowest BCUT2D eigenvalue weighted by Gasteiger charge is -2.21. The molecule has 6 atom stereocenters. The largest absolute Gasteiger partial charge is 0.508 e. The summed E-state index contributed by atoms with van der Waals surface area (Å²) in [6.45, 7) is 0. The fourth-order valence-corrected chi connectivity index (χ4v) is 10.1. The van der Waals surface area contributed by atoms with E-state index in [1.807, 2.05) is 60.7 Å². The van der Waals surface area contributed by atoms with Gasteiger partial charge in [0.15, 0.2) is 0 Å². The Bertz CT molecular complexity index is 3250. The molecule has 3 heterocycles. The molecule has 0 saturated carbocycles. The molecule has 8 aromatic carbocycles. The van der Waals surface area contributed by atoms with Gasteiger partial charge in [-0.1, -0.05) is 54.6 Å². The molecule has 338 valence electrons. The van der Waals surface area contributed by atoms with Crippen molar-refractivity contribution >= 4 is 12.2 Å². The van der Waals surface area contributed by atoms with Gasteiger partial charge in [0, 0.05) is 46.5 Å². The standard InChI is InChI=1S/C56H42O12/c57-36-9-4-29(5-10-36)54-50(32-8-13-45-48(23-32)67-56(35-21-42(63)26-43(64)22-35)51(45)33-17-38(59)24-39(60)18-33)46-15-28(2-14-47(46)66-54)1-3-31-16-44(65)27-49-52(31)53(34-19-40(61)25-41(62)20-34)55(68-49)30-6-11-37(58)12-7-30/h1-27,50-51,53-65H/b3-1+/t50-,51-,53-,54+,55+,56+/m1/s1. The molecule has 3 aliphatic heterocycles. The molecule has 0 radical (unpaired) electrons. The normalized spacial score (nSPS) is 20.0. The quantitative estimate of drug-likeness (QED) is 0.0652. The minimum Gasteiger partial charge on any atom is -0.508 e. The van der Waals surface area contributed by atoms with Crippen LogP contribution in [0.15, 0.2) is 152 Å². The average Bonchev–Trinajstić information content (AvgIpc) is 3.99. The zero-order chi connectivity index (χ0) is 47.0. The van der Waals surface area contributed by atoms with Crippen molar-refractivity contribution in [2.24, 2.45) is 0 Å². The minimum atomic E-state index is -0.769. The number of aromatic hydroxyl groups is 9. The Morgan fingerprint density at radius 3 is 1.34 bits per heavy atom. The van der Waals surface area contributed by atoms with Gasteiger partial charge in [0.05, 0.1) is 17.8 Å². The van der Waals surface area contributed by atoms with Gasteiger partial charge in [0.1, 0.15) is 87.3 Å². The van der Waals surface area contributed by atoms with Crippen LogP contribution in [0.1, 0.15) is 97.3 Å². The van der Waals surface area contributed by atoms with Gasteiger partial charge >= 0.3 is 0 Å². The molecule has 8 aromatic rings. The van der Waals surface area contributed by atoms with E-state index in [2.05, 4.69) is 0 Å². The maximum Gasteiger partial charge on any atom is 0.135 e. The molecule has 0 fully saturated rings. The molecule has 3 aliphatic rings. The maximum atomic E-state index is 11.0. The molecular weight excluding hydrogens is 865 g/mol. The van der Waals surface area contributed by atoms with Crippen molar-refractivity contribution in [2.75, 3.05) is 0 Å². The number of fused-ring (bicyclic) bond motifs is 3. The van der Waals surface area contributed by atoms with Crippen LogP contribution < -0.4 is 14.2 Å². The van der Waals surface area contributed by atoms with E-state index in [9.17, 15) is 46.0 Å². The summed E-state index contributed by atoms with van der Waals surface area (Å²) in [5, 5.41) is 94.6. The molecule has 0 saturated heterocycles. The Kier molecular flexibility index (Phi) is 9.96. The highest BCUT2D eigenvalue weighted by Crippen LogP contribution is 2.56. The first-order valence-electron chi connectivity index (χ1n) is 21.8. The van der Waals surface area contributed by atoms with Crippen molar-refractivity contribution in [1.29, 1.82) is 0 Å². The summed E-state index contributed by atoms with van der Waals surface area (Å²) in [6.07, 6.45) is 1.85. The summed E-state index contributed by atoms with van der Waals surface area (Å²) in [6, 6.07) is 41.3. The van der Waals surface area contributed by atoms with E-state index < -0.39 is 36.1 Å². The van der Waals surface area contributed by atoms with Crippen molar-refractivity contribution in [2.45, 2.75) is 36.1 Å². The summed E-state index contributed by atoms with van der Waals surface area (Å²) in [5.74, 6) is -0.637. The number of phenolic OH excluding ortho intramolecular Hbond substituents is 9. The fraction of sp³-hybridized carbons (Fsp3) is 0.107. The first-order valence-corrected chi connectivity index (χ1v) is 21.8. The van der Waals surface area contributed by atoms with E-state index in [1.54, 1.807) is 66.7 Å². The Balaban J connectivity index is 0.998. The highest BCUT2D eigenvalue weighted by Gasteiger charge is 2.42. The van der Waals surface area contributed by atoms with Crippen molar-refractivity contribution in [3.63, 3.8) is 0 Å². The van der Waals surface area contributed by atoms with E-state index in [0.717, 1.165) is 33.4 Å². The lowest BCUT2D eigenvalue weighted by molar-refractivity contribution is 0.217. The summed E-state index contributed by atoms with van der Waals surface area (Å²) in [7, 11) is 0. The Hall–Kier alpha value is -8.90. The lowest BCUT2D eigenvalue weighted by Crippen LogP contribution is -2.11. The van der Waals surface area contributed by atoms with Crippen LogP contribution in [0.2, 0.25) is 0 Å². The Morgan fingerprint density at radius 1 is 0.294 bits per heavy atom. The maximum absolute atomic E-state index is 11.0. The predicted octanol–water partition coefficient (Wildman–Crippen LogP) is 11.0. The second-order valence-electron chi connectivity index (χ2n) is 17.5. The first kappa shape index (κ1) is 41.8. The SMILES string of the molecule is Oc1ccc([C@@H]2Oc3ccc(/C=C/c4cc(O)cc5c4[C@@H](c4cc(O)cc(O)c4)[C@H](c4ccc(O)cc4)O5)cc3[C@H]2c2ccc3c(c2)O[C@@H](c2cc(O)cc(O)c2)[C@@H]3c2cc(O)cc(O)c2)cc1. The summed E-state index contributed by atoms with van der Waals surface area (Å²) in [5.41, 5.74) is 7.74. The van der Waals surface area contributed by atoms with Gasteiger partial charge in [-0.25, -0.2) is 0 Å². The van der Waals surface area contributed by atoms with Crippen molar-refractivity contribution in [1.82, 2.24) is 0 Å². The molecule has 0 unspecified atom stereocenters. The van der Waals surface area contributed by atoms with Gasteiger partial charge in [-0.3, -0.25) is 0 Å². The molecular formula is C56H42O12. The third-order valence-electron chi connectivity index (χ3n) is 13.0. The van der Waals surface area contributed by atoms with Crippen molar-refractivity contribution in [3.8, 4) is 69.0 Å². The smallest absolute Gasteiger partial charge is 0.135 e. The summed E-state index contributed by atoms with van der Waals surface area (Å²) < 4.78 is 20.0. The topological polar surface area (TPSA) is 210 Å². The second kappa shape index (κ2) is 16.2. The number of hydrogen-bond acceptors (Lipinski definition) is 12. The fourth-order valence-electron chi connectivity index (χ4n) is 10.1. The van der Waals surface area contributed by atoms with Crippen LogP contribution in [0, 0.1) is 0 Å². The third-order valence-corrected chi connectivity index (χ3v) is 13.0. The van der Waals surface area contributed by atoms with Crippen LogP contribution in [0.3, 0.4) is 0 Å². The van der Waals surface area contributed by atoms with E-state index in [-0.39, 0.29) is 51.7 Å². The highest BCUT2D eigenvalue weighted by molar-refractivity contribution is 5.76. The third kappa shape index (κ3) is 7.57. The van der Waals surface area contributed by atoms with Gasteiger partial charge < -0.3 is 60.2 Å². The molecule has 9 N–H and O–H groups in total. The van der Waals surface area contributed by atoms with E-state index >= 15 is 0 Å². The van der Waals surface area contributed by atoms with E-state index in [4.69, 9.17) is 14.2 Å². The molecule has 0 aromatic heterocycles. The number of phenols is 9. The van der Waals surface area contributed by atoms with Gasteiger partial charge in [-0.2, -0.15) is 0 Å². The Labute approximate surface area is 389 Å². The molecule has 0 bridgehead atoms. The van der Waals surface area contributed by atoms with Crippen LogP contribution in [-0.2, 0) is 0 Å². The molecule has 12 nitrogen and oxygen atoms in total. The van der Waals surface area contributed by atoms with Crippen LogP contribution in [0.4, 0.5) is 0 Å². The minimum absolute atomic E-state index is 0.0311. The number of ether oxygens (including phenoxy) is 3. The number of hydrogen-bond donors (Lipinski definition) is 9. The number of benzene rings is 8. The van der Waals surface area contributed by atoms with Gasteiger partial charge in [-0.15, -0.1) is 0 Å². The zero-order valence-electron chi connectivity index (χ0n) is 35.8. The monoisotopic (exact) mass is 906 g/mol. The van der Waals surface area contributed by atoms with Crippen LogP contribution in [-0.4, -0.2) is 46.0 Å². The molecule has 68 heavy (non-hydrogen) atoms. The number of rotatable bonds is 8. The Morgan fingerprint density at radius 2 is 0.750 bits per heavy atom. The van der Waals surface area contributed by atoms with Gasteiger partial charge in [0.25, 0.3) is 0 Å².